The summed E-state index contributed by atoms with van der Waals surface area (Å²) in [6, 6.07) is 18.0. The highest BCUT2D eigenvalue weighted by Crippen LogP contribution is 2.29. The lowest BCUT2D eigenvalue weighted by atomic mass is 10.2. The van der Waals surface area contributed by atoms with Gasteiger partial charge in [0.15, 0.2) is 11.5 Å². The van der Waals surface area contributed by atoms with E-state index in [0.717, 1.165) is 4.31 Å². The topological polar surface area (TPSA) is 97.3 Å². The minimum Gasteiger partial charge on any atom is -0.490 e. The maximum Gasteiger partial charge on any atom is 0.264 e. The SMILES string of the molecule is CCOc1ccc(/C=N\NC(=O)CN(c2ccc(Cl)cc2C)S(=O)(=O)c2ccccc2)cc1OCC. The van der Waals surface area contributed by atoms with E-state index < -0.39 is 22.5 Å². The van der Waals surface area contributed by atoms with E-state index in [0.29, 0.717) is 46.5 Å². The highest BCUT2D eigenvalue weighted by atomic mass is 35.5. The van der Waals surface area contributed by atoms with Gasteiger partial charge in [-0.3, -0.25) is 9.10 Å². The number of benzene rings is 3. The van der Waals surface area contributed by atoms with E-state index in [2.05, 4.69) is 10.5 Å². The number of ether oxygens (including phenoxy) is 2. The Morgan fingerprint density at radius 3 is 2.36 bits per heavy atom. The van der Waals surface area contributed by atoms with Crippen LogP contribution in [-0.4, -0.2) is 40.3 Å². The number of sulfonamides is 1. The summed E-state index contributed by atoms with van der Waals surface area (Å²) in [7, 11) is -4.04. The third-order valence-electron chi connectivity index (χ3n) is 5.02. The number of nitrogens with one attached hydrogen (secondary N) is 1. The van der Waals surface area contributed by atoms with Crippen molar-refractivity contribution in [3.63, 3.8) is 0 Å². The Kier molecular flexibility index (Phi) is 9.32. The number of carbonyl (C=O) groups is 1. The fourth-order valence-corrected chi connectivity index (χ4v) is 5.14. The van der Waals surface area contributed by atoms with Gasteiger partial charge in [0.2, 0.25) is 0 Å². The van der Waals surface area contributed by atoms with Gasteiger partial charge in [-0.05, 0) is 80.4 Å². The van der Waals surface area contributed by atoms with Crippen molar-refractivity contribution in [1.82, 2.24) is 5.43 Å². The van der Waals surface area contributed by atoms with Crippen LogP contribution in [0.3, 0.4) is 0 Å². The Bertz CT molecular complexity index is 1330. The lowest BCUT2D eigenvalue weighted by molar-refractivity contribution is -0.119. The molecule has 0 radical (unpaired) electrons. The second-order valence-electron chi connectivity index (χ2n) is 7.62. The lowest BCUT2D eigenvalue weighted by Crippen LogP contribution is -2.40. The molecule has 0 aliphatic rings. The summed E-state index contributed by atoms with van der Waals surface area (Å²) in [5.41, 5.74) is 4.02. The molecule has 0 saturated carbocycles. The summed E-state index contributed by atoms with van der Waals surface area (Å²) in [4.78, 5) is 12.8. The van der Waals surface area contributed by atoms with Crippen molar-refractivity contribution in [3.05, 3.63) is 82.9 Å². The first-order valence-electron chi connectivity index (χ1n) is 11.3. The molecule has 0 fully saturated rings. The second-order valence-corrected chi connectivity index (χ2v) is 9.92. The van der Waals surface area contributed by atoms with E-state index in [4.69, 9.17) is 21.1 Å². The van der Waals surface area contributed by atoms with Crippen molar-refractivity contribution in [3.8, 4) is 11.5 Å². The van der Waals surface area contributed by atoms with Crippen molar-refractivity contribution in [2.45, 2.75) is 25.7 Å². The number of anilines is 1. The normalized spacial score (nSPS) is 11.3. The van der Waals surface area contributed by atoms with Crippen molar-refractivity contribution >= 4 is 39.4 Å². The van der Waals surface area contributed by atoms with Crippen LogP contribution >= 0.6 is 11.6 Å². The molecule has 3 aromatic rings. The Balaban J connectivity index is 1.82. The first kappa shape index (κ1) is 27.0. The molecular formula is C26H28ClN3O5S. The van der Waals surface area contributed by atoms with Gasteiger partial charge in [-0.1, -0.05) is 29.8 Å². The Hall–Kier alpha value is -3.56. The zero-order valence-electron chi connectivity index (χ0n) is 20.3. The predicted octanol–water partition coefficient (Wildman–Crippen LogP) is 4.79. The molecule has 1 amide bonds. The largest absolute Gasteiger partial charge is 0.490 e. The molecule has 0 saturated heterocycles. The van der Waals surface area contributed by atoms with Crippen LogP contribution in [0.2, 0.25) is 5.02 Å². The van der Waals surface area contributed by atoms with Crippen LogP contribution < -0.4 is 19.2 Å². The zero-order valence-corrected chi connectivity index (χ0v) is 21.8. The fraction of sp³-hybridized carbons (Fsp3) is 0.231. The summed E-state index contributed by atoms with van der Waals surface area (Å²) in [6.45, 7) is 5.96. The highest BCUT2D eigenvalue weighted by Gasteiger charge is 2.28. The van der Waals surface area contributed by atoms with Crippen LogP contribution in [0.4, 0.5) is 5.69 Å². The van der Waals surface area contributed by atoms with E-state index in [9.17, 15) is 13.2 Å². The van der Waals surface area contributed by atoms with Crippen molar-refractivity contribution < 1.29 is 22.7 Å². The third-order valence-corrected chi connectivity index (χ3v) is 7.03. The van der Waals surface area contributed by atoms with Crippen LogP contribution in [-0.2, 0) is 14.8 Å². The van der Waals surface area contributed by atoms with Gasteiger partial charge in [0.25, 0.3) is 15.9 Å². The zero-order chi connectivity index (χ0) is 26.1. The maximum absolute atomic E-state index is 13.4. The summed E-state index contributed by atoms with van der Waals surface area (Å²) >= 11 is 6.06. The smallest absolute Gasteiger partial charge is 0.264 e. The number of amides is 1. The van der Waals surface area contributed by atoms with E-state index in [1.54, 1.807) is 61.5 Å². The van der Waals surface area contributed by atoms with E-state index >= 15 is 0 Å². The van der Waals surface area contributed by atoms with Crippen molar-refractivity contribution in [2.75, 3.05) is 24.1 Å². The Morgan fingerprint density at radius 2 is 1.69 bits per heavy atom. The van der Waals surface area contributed by atoms with E-state index in [1.807, 2.05) is 13.8 Å². The monoisotopic (exact) mass is 529 g/mol. The number of carbonyl (C=O) groups excluding carboxylic acids is 1. The summed E-state index contributed by atoms with van der Waals surface area (Å²) in [5, 5.41) is 4.46. The van der Waals surface area contributed by atoms with Gasteiger partial charge in [-0.15, -0.1) is 0 Å². The highest BCUT2D eigenvalue weighted by molar-refractivity contribution is 7.92. The van der Waals surface area contributed by atoms with Crippen LogP contribution in [0.15, 0.2) is 76.7 Å². The minimum absolute atomic E-state index is 0.0634. The first-order valence-corrected chi connectivity index (χ1v) is 13.1. The van der Waals surface area contributed by atoms with E-state index in [1.165, 1.54) is 18.3 Å². The number of hydrogen-bond acceptors (Lipinski definition) is 6. The Labute approximate surface area is 216 Å². The molecule has 0 bridgehead atoms. The van der Waals surface area contributed by atoms with Crippen LogP contribution in [0.5, 0.6) is 11.5 Å². The summed E-state index contributed by atoms with van der Waals surface area (Å²) in [6.07, 6.45) is 1.44. The second kappa shape index (κ2) is 12.4. The van der Waals surface area contributed by atoms with Crippen LogP contribution in [0.25, 0.3) is 0 Å². The molecule has 0 aromatic heterocycles. The molecule has 3 aromatic carbocycles. The van der Waals surface area contributed by atoms with Crippen molar-refractivity contribution in [1.29, 1.82) is 0 Å². The summed E-state index contributed by atoms with van der Waals surface area (Å²) < 4.78 is 39.1. The first-order chi connectivity index (χ1) is 17.3. The molecule has 0 heterocycles. The minimum atomic E-state index is -4.04. The molecule has 190 valence electrons. The standard InChI is InChI=1S/C26H28ClN3O5S/c1-4-34-24-14-11-20(16-25(24)35-5-2)17-28-29-26(31)18-30(23-13-12-21(27)15-19(23)3)36(32,33)22-9-7-6-8-10-22/h6-17H,4-5,18H2,1-3H3,(H,29,31)/b28-17-. The number of rotatable bonds is 11. The predicted molar refractivity (Wildman–Crippen MR) is 142 cm³/mol. The average molecular weight is 530 g/mol. The molecule has 10 heteroatoms. The Morgan fingerprint density at radius 1 is 1.00 bits per heavy atom. The fourth-order valence-electron chi connectivity index (χ4n) is 3.41. The molecule has 0 unspecified atom stereocenters. The number of halogens is 1. The van der Waals surface area contributed by atoms with E-state index in [-0.39, 0.29) is 4.90 Å². The summed E-state index contributed by atoms with van der Waals surface area (Å²) in [5.74, 6) is 0.560. The van der Waals surface area contributed by atoms with Gasteiger partial charge in [0.1, 0.15) is 6.54 Å². The number of nitrogens with zero attached hydrogens (tertiary/aromatic N) is 2. The number of aryl methyl sites for hydroxylation is 1. The lowest BCUT2D eigenvalue weighted by Gasteiger charge is -2.25. The molecule has 1 N–H and O–H groups in total. The number of hydrazone groups is 1. The maximum atomic E-state index is 13.4. The van der Waals surface area contributed by atoms with Gasteiger partial charge in [0.05, 0.1) is 30.0 Å². The molecular weight excluding hydrogens is 502 g/mol. The average Bonchev–Trinajstić information content (AvgIpc) is 2.85. The quantitative estimate of drug-likeness (QED) is 0.284. The number of hydrogen-bond donors (Lipinski definition) is 1. The molecule has 3 rings (SSSR count). The van der Waals surface area contributed by atoms with Gasteiger partial charge in [-0.25, -0.2) is 13.8 Å². The van der Waals surface area contributed by atoms with Gasteiger partial charge < -0.3 is 9.47 Å². The van der Waals surface area contributed by atoms with Gasteiger partial charge >= 0.3 is 0 Å². The van der Waals surface area contributed by atoms with Crippen LogP contribution in [0, 0.1) is 6.92 Å². The molecule has 0 spiro atoms. The molecule has 0 aliphatic heterocycles. The van der Waals surface area contributed by atoms with Gasteiger partial charge in [0, 0.05) is 5.02 Å². The van der Waals surface area contributed by atoms with Gasteiger partial charge in [-0.2, -0.15) is 5.10 Å². The van der Waals surface area contributed by atoms with Crippen molar-refractivity contribution in [2.24, 2.45) is 5.10 Å². The van der Waals surface area contributed by atoms with Crippen LogP contribution in [0.1, 0.15) is 25.0 Å². The molecule has 0 atom stereocenters. The third kappa shape index (κ3) is 6.77. The molecule has 36 heavy (non-hydrogen) atoms. The molecule has 0 aliphatic carbocycles. The molecule has 8 nitrogen and oxygen atoms in total.